The molecule has 0 spiro atoms. The smallest absolute Gasteiger partial charge is 0.0921 e. The Morgan fingerprint density at radius 3 is 2.75 bits per heavy atom. The molecule has 0 aliphatic rings. The van der Waals surface area contributed by atoms with Crippen LogP contribution in [0.4, 0.5) is 0 Å². The molecule has 3 rings (SSSR count). The molecule has 1 heterocycles. The first-order chi connectivity index (χ1) is 7.93. The number of hydrogen-bond acceptors (Lipinski definition) is 1. The molecule has 2 heteroatoms. The zero-order chi connectivity index (χ0) is 10.8. The number of H-pyrrole nitrogens is 1. The van der Waals surface area contributed by atoms with Crippen molar-refractivity contribution in [1.82, 2.24) is 9.97 Å². The minimum absolute atomic E-state index is 0.904. The summed E-state index contributed by atoms with van der Waals surface area (Å²) < 4.78 is 0. The lowest BCUT2D eigenvalue weighted by atomic mass is 10.0. The van der Waals surface area contributed by atoms with Gasteiger partial charge in [-0.3, -0.25) is 0 Å². The van der Waals surface area contributed by atoms with E-state index in [2.05, 4.69) is 52.4 Å². The lowest BCUT2D eigenvalue weighted by Gasteiger charge is -2.04. The SMILES string of the molecule is c1ccc2c(Cc3cnc[nH]3)cccc2c1. The lowest BCUT2D eigenvalue weighted by molar-refractivity contribution is 1.12. The molecule has 0 fully saturated rings. The molecule has 0 bridgehead atoms. The number of aromatic nitrogens is 2. The van der Waals surface area contributed by atoms with Gasteiger partial charge in [-0.05, 0) is 16.3 Å². The number of benzene rings is 2. The van der Waals surface area contributed by atoms with Crippen molar-refractivity contribution in [3.63, 3.8) is 0 Å². The zero-order valence-corrected chi connectivity index (χ0v) is 8.85. The van der Waals surface area contributed by atoms with E-state index in [0.29, 0.717) is 0 Å². The molecule has 0 atom stereocenters. The Hall–Kier alpha value is -2.09. The number of aromatic amines is 1. The minimum atomic E-state index is 0.904. The fourth-order valence-electron chi connectivity index (χ4n) is 2.03. The number of nitrogens with one attached hydrogen (secondary N) is 1. The molecule has 1 aromatic heterocycles. The molecule has 3 aromatic rings. The molecule has 0 radical (unpaired) electrons. The summed E-state index contributed by atoms with van der Waals surface area (Å²) >= 11 is 0. The molecule has 0 unspecified atom stereocenters. The van der Waals surface area contributed by atoms with Crippen LogP contribution in [-0.2, 0) is 6.42 Å². The summed E-state index contributed by atoms with van der Waals surface area (Å²) in [4.78, 5) is 7.18. The van der Waals surface area contributed by atoms with Gasteiger partial charge in [-0.2, -0.15) is 0 Å². The Kier molecular flexibility index (Phi) is 2.18. The van der Waals surface area contributed by atoms with Gasteiger partial charge in [-0.1, -0.05) is 42.5 Å². The van der Waals surface area contributed by atoms with Crippen LogP contribution in [0.1, 0.15) is 11.3 Å². The predicted octanol–water partition coefficient (Wildman–Crippen LogP) is 3.15. The Morgan fingerprint density at radius 1 is 1.00 bits per heavy atom. The topological polar surface area (TPSA) is 28.7 Å². The molecule has 0 aliphatic carbocycles. The maximum atomic E-state index is 4.04. The lowest BCUT2D eigenvalue weighted by Crippen LogP contribution is -1.89. The summed E-state index contributed by atoms with van der Waals surface area (Å²) in [6.45, 7) is 0. The van der Waals surface area contributed by atoms with E-state index in [1.54, 1.807) is 6.33 Å². The van der Waals surface area contributed by atoms with E-state index in [1.807, 2.05) is 6.20 Å². The number of fused-ring (bicyclic) bond motifs is 1. The van der Waals surface area contributed by atoms with Gasteiger partial charge in [0.1, 0.15) is 0 Å². The molecule has 0 amide bonds. The summed E-state index contributed by atoms with van der Waals surface area (Å²) in [5.74, 6) is 0. The van der Waals surface area contributed by atoms with E-state index >= 15 is 0 Å². The van der Waals surface area contributed by atoms with Crippen molar-refractivity contribution in [2.75, 3.05) is 0 Å². The van der Waals surface area contributed by atoms with Crippen LogP contribution in [0.15, 0.2) is 55.0 Å². The van der Waals surface area contributed by atoms with E-state index < -0.39 is 0 Å². The third kappa shape index (κ3) is 1.58. The fraction of sp³-hybridized carbons (Fsp3) is 0.0714. The molecule has 78 valence electrons. The van der Waals surface area contributed by atoms with Crippen molar-refractivity contribution in [3.05, 3.63) is 66.2 Å². The third-order valence-corrected chi connectivity index (χ3v) is 2.82. The maximum Gasteiger partial charge on any atom is 0.0921 e. The molecule has 2 nitrogen and oxygen atoms in total. The van der Waals surface area contributed by atoms with Crippen LogP contribution in [-0.4, -0.2) is 9.97 Å². The van der Waals surface area contributed by atoms with Gasteiger partial charge in [0.05, 0.1) is 6.33 Å². The van der Waals surface area contributed by atoms with E-state index in [-0.39, 0.29) is 0 Å². The number of hydrogen-bond donors (Lipinski definition) is 1. The normalized spacial score (nSPS) is 10.8. The third-order valence-electron chi connectivity index (χ3n) is 2.82. The van der Waals surface area contributed by atoms with Crippen LogP contribution in [0.3, 0.4) is 0 Å². The Labute approximate surface area is 94.0 Å². The maximum absolute atomic E-state index is 4.04. The zero-order valence-electron chi connectivity index (χ0n) is 8.85. The van der Waals surface area contributed by atoms with Gasteiger partial charge in [-0.25, -0.2) is 4.98 Å². The van der Waals surface area contributed by atoms with Crippen molar-refractivity contribution >= 4 is 10.8 Å². The van der Waals surface area contributed by atoms with Gasteiger partial charge in [0.2, 0.25) is 0 Å². The van der Waals surface area contributed by atoms with Crippen LogP contribution in [0.25, 0.3) is 10.8 Å². The second-order valence-electron chi connectivity index (χ2n) is 3.89. The first-order valence-corrected chi connectivity index (χ1v) is 5.37. The first kappa shape index (κ1) is 9.16. The highest BCUT2D eigenvalue weighted by atomic mass is 14.9. The van der Waals surface area contributed by atoms with E-state index in [0.717, 1.165) is 12.1 Å². The number of nitrogens with zero attached hydrogens (tertiary/aromatic N) is 1. The summed E-state index contributed by atoms with van der Waals surface area (Å²) in [6, 6.07) is 14.9. The molecule has 1 N–H and O–H groups in total. The van der Waals surface area contributed by atoms with Gasteiger partial charge in [-0.15, -0.1) is 0 Å². The van der Waals surface area contributed by atoms with E-state index in [4.69, 9.17) is 0 Å². The highest BCUT2D eigenvalue weighted by Crippen LogP contribution is 2.20. The van der Waals surface area contributed by atoms with Crippen molar-refractivity contribution in [2.24, 2.45) is 0 Å². The van der Waals surface area contributed by atoms with Crippen molar-refractivity contribution in [1.29, 1.82) is 0 Å². The van der Waals surface area contributed by atoms with Gasteiger partial charge >= 0.3 is 0 Å². The van der Waals surface area contributed by atoms with Crippen molar-refractivity contribution in [3.8, 4) is 0 Å². The second kappa shape index (κ2) is 3.81. The van der Waals surface area contributed by atoms with Gasteiger partial charge in [0, 0.05) is 18.3 Å². The standard InChI is InChI=1S/C14H12N2/c1-2-7-14-11(4-1)5-3-6-12(14)8-13-9-15-10-16-13/h1-7,9-10H,8H2,(H,15,16). The van der Waals surface area contributed by atoms with Gasteiger partial charge < -0.3 is 4.98 Å². The first-order valence-electron chi connectivity index (χ1n) is 5.37. The number of rotatable bonds is 2. The average Bonchev–Trinajstić information content (AvgIpc) is 2.82. The summed E-state index contributed by atoms with van der Waals surface area (Å²) in [5.41, 5.74) is 2.48. The van der Waals surface area contributed by atoms with Crippen LogP contribution >= 0.6 is 0 Å². The Balaban J connectivity index is 2.10. The minimum Gasteiger partial charge on any atom is -0.348 e. The van der Waals surface area contributed by atoms with Crippen LogP contribution in [0, 0.1) is 0 Å². The molecule has 2 aromatic carbocycles. The molecule has 0 saturated carbocycles. The summed E-state index contributed by atoms with van der Waals surface area (Å²) in [5, 5.41) is 2.61. The molecule has 0 saturated heterocycles. The van der Waals surface area contributed by atoms with Crippen molar-refractivity contribution in [2.45, 2.75) is 6.42 Å². The molecule has 0 aliphatic heterocycles. The Morgan fingerprint density at radius 2 is 1.88 bits per heavy atom. The van der Waals surface area contributed by atoms with Crippen LogP contribution in [0.2, 0.25) is 0 Å². The Bertz CT molecular complexity index is 592. The molecular weight excluding hydrogens is 196 g/mol. The van der Waals surface area contributed by atoms with Crippen LogP contribution in [0.5, 0.6) is 0 Å². The largest absolute Gasteiger partial charge is 0.348 e. The van der Waals surface area contributed by atoms with Crippen molar-refractivity contribution < 1.29 is 0 Å². The van der Waals surface area contributed by atoms with Crippen LogP contribution < -0.4 is 0 Å². The summed E-state index contributed by atoms with van der Waals surface area (Å²) in [7, 11) is 0. The number of imidazole rings is 1. The predicted molar refractivity (Wildman–Crippen MR) is 65.3 cm³/mol. The molecular formula is C14H12N2. The highest BCUT2D eigenvalue weighted by molar-refractivity contribution is 5.85. The van der Waals surface area contributed by atoms with E-state index in [9.17, 15) is 0 Å². The monoisotopic (exact) mass is 208 g/mol. The summed E-state index contributed by atoms with van der Waals surface area (Å²) in [6.07, 6.45) is 4.50. The quantitative estimate of drug-likeness (QED) is 0.688. The fourth-order valence-corrected chi connectivity index (χ4v) is 2.03. The van der Waals surface area contributed by atoms with Gasteiger partial charge in [0.25, 0.3) is 0 Å². The van der Waals surface area contributed by atoms with E-state index in [1.165, 1.54) is 16.3 Å². The average molecular weight is 208 g/mol. The molecule has 16 heavy (non-hydrogen) atoms. The second-order valence-corrected chi connectivity index (χ2v) is 3.89. The van der Waals surface area contributed by atoms with Gasteiger partial charge in [0.15, 0.2) is 0 Å². The highest BCUT2D eigenvalue weighted by Gasteiger charge is 2.01.